The molecule has 1 saturated carbocycles. The van der Waals surface area contributed by atoms with E-state index in [-0.39, 0.29) is 10.8 Å². The predicted octanol–water partition coefficient (Wildman–Crippen LogP) is 1.22. The molecule has 0 spiro atoms. The lowest BCUT2D eigenvalue weighted by Gasteiger charge is -2.11. The van der Waals surface area contributed by atoms with Gasteiger partial charge < -0.3 is 15.6 Å². The number of nitrogens with two attached hydrogens (primary N) is 2. The van der Waals surface area contributed by atoms with Gasteiger partial charge in [0.2, 0.25) is 16.0 Å². The van der Waals surface area contributed by atoms with Gasteiger partial charge >= 0.3 is 0 Å². The van der Waals surface area contributed by atoms with Gasteiger partial charge in [-0.15, -0.1) is 0 Å². The quantitative estimate of drug-likeness (QED) is 0.653. The van der Waals surface area contributed by atoms with Crippen LogP contribution in [0.2, 0.25) is 0 Å². The van der Waals surface area contributed by atoms with Crippen LogP contribution < -0.4 is 16.2 Å². The zero-order valence-electron chi connectivity index (χ0n) is 12.7. The molecule has 0 radical (unpaired) electrons. The molecule has 1 aliphatic rings. The van der Waals surface area contributed by atoms with E-state index in [0.29, 0.717) is 11.9 Å². The smallest absolute Gasteiger partial charge is 0.238 e. The minimum absolute atomic E-state index is 0.0690. The average Bonchev–Trinajstić information content (AvgIpc) is 3.23. The molecule has 0 atom stereocenters. The summed E-state index contributed by atoms with van der Waals surface area (Å²) >= 11 is 0. The number of nitrogen functional groups attached to an aromatic ring is 1. The molecule has 3 aromatic rings. The number of fused-ring (bicyclic) bond motifs is 1. The van der Waals surface area contributed by atoms with Gasteiger partial charge in [0.15, 0.2) is 5.82 Å². The second-order valence-corrected chi connectivity index (χ2v) is 7.37. The molecular weight excluding hydrogens is 328 g/mol. The van der Waals surface area contributed by atoms with Crippen LogP contribution in [-0.4, -0.2) is 29.0 Å². The Morgan fingerprint density at radius 2 is 1.83 bits per heavy atom. The summed E-state index contributed by atoms with van der Waals surface area (Å²) in [6.45, 7) is 0. The summed E-state index contributed by atoms with van der Waals surface area (Å²) in [6.07, 6.45) is 4.06. The largest absolute Gasteiger partial charge is 0.368 e. The summed E-state index contributed by atoms with van der Waals surface area (Å²) in [5, 5.41) is 8.50. The molecule has 5 N–H and O–H groups in total. The van der Waals surface area contributed by atoms with Gasteiger partial charge in [-0.2, -0.15) is 4.98 Å². The first-order chi connectivity index (χ1) is 11.4. The number of rotatable bonds is 4. The van der Waals surface area contributed by atoms with Gasteiger partial charge in [-0.25, -0.2) is 18.5 Å². The van der Waals surface area contributed by atoms with Gasteiger partial charge in [0, 0.05) is 17.9 Å². The van der Waals surface area contributed by atoms with E-state index in [1.165, 1.54) is 12.1 Å². The predicted molar refractivity (Wildman–Crippen MR) is 91.3 cm³/mol. The van der Waals surface area contributed by atoms with Crippen molar-refractivity contribution in [1.29, 1.82) is 0 Å². The van der Waals surface area contributed by atoms with E-state index in [1.807, 2.05) is 16.8 Å². The van der Waals surface area contributed by atoms with Crippen molar-refractivity contribution in [2.75, 3.05) is 11.1 Å². The summed E-state index contributed by atoms with van der Waals surface area (Å²) in [5.41, 5.74) is 8.09. The monoisotopic (exact) mass is 344 g/mol. The average molecular weight is 344 g/mol. The van der Waals surface area contributed by atoms with Gasteiger partial charge in [-0.05, 0) is 43.2 Å². The summed E-state index contributed by atoms with van der Waals surface area (Å²) in [4.78, 5) is 8.64. The molecule has 8 nitrogen and oxygen atoms in total. The van der Waals surface area contributed by atoms with E-state index >= 15 is 0 Å². The first-order valence-electron chi connectivity index (χ1n) is 7.46. The molecule has 1 aliphatic carbocycles. The van der Waals surface area contributed by atoms with E-state index in [9.17, 15) is 8.42 Å². The molecule has 4 rings (SSSR count). The minimum atomic E-state index is -3.72. The highest BCUT2D eigenvalue weighted by Crippen LogP contribution is 2.30. The summed E-state index contributed by atoms with van der Waals surface area (Å²) in [5.74, 6) is 0.897. The lowest BCUT2D eigenvalue weighted by Crippen LogP contribution is -2.12. The molecular formula is C15H16N6O2S. The minimum Gasteiger partial charge on any atom is -0.368 e. The topological polar surface area (TPSA) is 129 Å². The lowest BCUT2D eigenvalue weighted by molar-refractivity contribution is 0.598. The Morgan fingerprint density at radius 3 is 2.46 bits per heavy atom. The van der Waals surface area contributed by atoms with E-state index in [0.717, 1.165) is 29.6 Å². The summed E-state index contributed by atoms with van der Waals surface area (Å²) in [7, 11) is -3.72. The number of nitrogens with zero attached hydrogens (tertiary/aromatic N) is 3. The number of nitrogens with one attached hydrogen (secondary N) is 1. The van der Waals surface area contributed by atoms with Crippen molar-refractivity contribution in [1.82, 2.24) is 14.5 Å². The first kappa shape index (κ1) is 14.9. The van der Waals surface area contributed by atoms with Crippen molar-refractivity contribution >= 4 is 32.8 Å². The van der Waals surface area contributed by atoms with Gasteiger partial charge in [0.25, 0.3) is 0 Å². The Kier molecular flexibility index (Phi) is 3.22. The molecule has 0 amide bonds. The molecule has 2 heterocycles. The highest BCUT2D eigenvalue weighted by molar-refractivity contribution is 7.89. The van der Waals surface area contributed by atoms with Crippen molar-refractivity contribution in [2.24, 2.45) is 5.14 Å². The molecule has 124 valence electrons. The number of hydrogen-bond acceptors (Lipinski definition) is 6. The molecule has 24 heavy (non-hydrogen) atoms. The lowest BCUT2D eigenvalue weighted by atomic mass is 10.3. The molecule has 0 aliphatic heterocycles. The zero-order chi connectivity index (χ0) is 16.9. The molecule has 0 unspecified atom stereocenters. The van der Waals surface area contributed by atoms with Gasteiger partial charge in [-0.1, -0.05) is 0 Å². The van der Waals surface area contributed by atoms with Gasteiger partial charge in [-0.3, -0.25) is 0 Å². The summed E-state index contributed by atoms with van der Waals surface area (Å²) < 4.78 is 24.7. The first-order valence-corrected chi connectivity index (χ1v) is 9.01. The van der Waals surface area contributed by atoms with Crippen molar-refractivity contribution < 1.29 is 8.42 Å². The van der Waals surface area contributed by atoms with E-state index in [2.05, 4.69) is 15.3 Å². The Morgan fingerprint density at radius 1 is 1.12 bits per heavy atom. The van der Waals surface area contributed by atoms with E-state index in [4.69, 9.17) is 10.9 Å². The fourth-order valence-corrected chi connectivity index (χ4v) is 3.11. The van der Waals surface area contributed by atoms with Crippen LogP contribution in [0.25, 0.3) is 16.7 Å². The van der Waals surface area contributed by atoms with Gasteiger partial charge in [0.1, 0.15) is 5.52 Å². The van der Waals surface area contributed by atoms with Crippen LogP contribution in [0.4, 0.5) is 11.8 Å². The number of primary sulfonamides is 1. The normalized spacial score (nSPS) is 14.9. The molecule has 2 aromatic heterocycles. The van der Waals surface area contributed by atoms with Crippen molar-refractivity contribution in [2.45, 2.75) is 23.8 Å². The molecule has 0 bridgehead atoms. The number of hydrogen-bond donors (Lipinski definition) is 3. The second-order valence-electron chi connectivity index (χ2n) is 5.81. The number of aromatic nitrogens is 3. The van der Waals surface area contributed by atoms with E-state index in [1.54, 1.807) is 12.1 Å². The Labute approximate surface area is 138 Å². The molecule has 1 fully saturated rings. The fourth-order valence-electron chi connectivity index (χ4n) is 2.60. The summed E-state index contributed by atoms with van der Waals surface area (Å²) in [6, 6.07) is 8.59. The van der Waals surface area contributed by atoms with Crippen LogP contribution in [0, 0.1) is 0 Å². The van der Waals surface area contributed by atoms with Crippen LogP contribution in [-0.2, 0) is 10.0 Å². The van der Waals surface area contributed by atoms with Crippen molar-refractivity contribution in [3.63, 3.8) is 0 Å². The highest BCUT2D eigenvalue weighted by atomic mass is 32.2. The van der Waals surface area contributed by atoms with Crippen LogP contribution >= 0.6 is 0 Å². The highest BCUT2D eigenvalue weighted by Gasteiger charge is 2.24. The third-order valence-electron chi connectivity index (χ3n) is 3.91. The maximum atomic E-state index is 11.4. The Balaban J connectivity index is 1.84. The van der Waals surface area contributed by atoms with Crippen LogP contribution in [0.3, 0.4) is 0 Å². The Hall–Kier alpha value is -2.65. The SMILES string of the molecule is Nc1nc(NC2CC2)c2c(ccn2-c2ccc(S(N)(=O)=O)cc2)n1. The van der Waals surface area contributed by atoms with Crippen LogP contribution in [0.15, 0.2) is 41.4 Å². The van der Waals surface area contributed by atoms with E-state index < -0.39 is 10.0 Å². The van der Waals surface area contributed by atoms with Gasteiger partial charge in [0.05, 0.1) is 10.4 Å². The fraction of sp³-hybridized carbons (Fsp3) is 0.200. The van der Waals surface area contributed by atoms with Crippen LogP contribution in [0.1, 0.15) is 12.8 Å². The standard InChI is InChI=1S/C15H16N6O2S/c16-15-19-12-7-8-21(13(12)14(20-15)18-9-1-2-9)10-3-5-11(6-4-10)24(17,22)23/h3-9H,1-2H2,(H2,17,22,23)(H3,16,18,19,20). The molecule has 1 aromatic carbocycles. The number of anilines is 2. The second kappa shape index (κ2) is 5.18. The molecule has 9 heteroatoms. The Bertz CT molecular complexity index is 1020. The third-order valence-corrected chi connectivity index (χ3v) is 4.84. The zero-order valence-corrected chi connectivity index (χ0v) is 13.5. The van der Waals surface area contributed by atoms with Crippen LogP contribution in [0.5, 0.6) is 0 Å². The molecule has 0 saturated heterocycles. The van der Waals surface area contributed by atoms with Crippen molar-refractivity contribution in [3.05, 3.63) is 36.5 Å². The third kappa shape index (κ3) is 2.68. The van der Waals surface area contributed by atoms with Crippen molar-refractivity contribution in [3.8, 4) is 5.69 Å². The maximum Gasteiger partial charge on any atom is 0.238 e. The number of sulfonamides is 1. The maximum absolute atomic E-state index is 11.4. The number of benzene rings is 1.